The van der Waals surface area contributed by atoms with Crippen molar-refractivity contribution >= 4 is 39.1 Å². The number of thiophene rings is 1. The molecule has 3 heterocycles. The van der Waals surface area contributed by atoms with Gasteiger partial charge in [0.25, 0.3) is 5.56 Å². The molecule has 2 aromatic heterocycles. The van der Waals surface area contributed by atoms with Crippen LogP contribution in [0.5, 0.6) is 11.5 Å². The molecule has 8 heteroatoms. The maximum atomic E-state index is 13.8. The van der Waals surface area contributed by atoms with E-state index >= 15 is 0 Å². The summed E-state index contributed by atoms with van der Waals surface area (Å²) in [5.74, 6) is 1.33. The molecule has 6 nitrogen and oxygen atoms in total. The summed E-state index contributed by atoms with van der Waals surface area (Å²) in [5, 5.41) is 1.28. The van der Waals surface area contributed by atoms with E-state index in [1.165, 1.54) is 28.6 Å². The Bertz CT molecular complexity index is 1460. The molecule has 4 aromatic rings. The van der Waals surface area contributed by atoms with Crippen molar-refractivity contribution in [2.45, 2.75) is 37.3 Å². The summed E-state index contributed by atoms with van der Waals surface area (Å²) in [4.78, 5) is 33.8. The first-order valence-electron chi connectivity index (χ1n) is 11.4. The van der Waals surface area contributed by atoms with E-state index in [2.05, 4.69) is 0 Å². The number of hydrogen-bond donors (Lipinski definition) is 0. The molecule has 1 aliphatic heterocycles. The van der Waals surface area contributed by atoms with Crippen molar-refractivity contribution < 1.29 is 14.3 Å². The summed E-state index contributed by atoms with van der Waals surface area (Å²) in [6.45, 7) is 0.166. The van der Waals surface area contributed by atoms with E-state index in [0.29, 0.717) is 22.2 Å². The van der Waals surface area contributed by atoms with Crippen molar-refractivity contribution in [3.05, 3.63) is 74.9 Å². The monoisotopic (exact) mass is 490 g/mol. The minimum atomic E-state index is -0.0563. The third-order valence-electron chi connectivity index (χ3n) is 6.25. The van der Waals surface area contributed by atoms with Crippen molar-refractivity contribution in [2.24, 2.45) is 0 Å². The number of ether oxygens (including phenoxy) is 2. The zero-order valence-corrected chi connectivity index (χ0v) is 20.0. The molecule has 0 N–H and O–H groups in total. The van der Waals surface area contributed by atoms with Crippen LogP contribution in [0.1, 0.15) is 40.1 Å². The molecule has 1 aliphatic carbocycles. The van der Waals surface area contributed by atoms with Crippen LogP contribution in [0.3, 0.4) is 0 Å². The minimum Gasteiger partial charge on any atom is -0.454 e. The number of carbonyl (C=O) groups is 1. The van der Waals surface area contributed by atoms with E-state index in [9.17, 15) is 9.59 Å². The Balaban J connectivity index is 1.40. The molecule has 2 aliphatic rings. The number of para-hydroxylation sites is 1. The number of benzene rings is 2. The summed E-state index contributed by atoms with van der Waals surface area (Å²) in [7, 11) is 0. The Morgan fingerprint density at radius 1 is 1.03 bits per heavy atom. The maximum absolute atomic E-state index is 13.8. The fourth-order valence-corrected chi connectivity index (χ4v) is 6.76. The van der Waals surface area contributed by atoms with Crippen LogP contribution in [0.4, 0.5) is 0 Å². The van der Waals surface area contributed by atoms with Gasteiger partial charge in [0, 0.05) is 10.4 Å². The minimum absolute atomic E-state index is 0.0476. The Labute approximate surface area is 204 Å². The normalized spacial score (nSPS) is 14.7. The summed E-state index contributed by atoms with van der Waals surface area (Å²) in [6.07, 6.45) is 5.38. The van der Waals surface area contributed by atoms with Crippen LogP contribution in [0.25, 0.3) is 15.9 Å². The lowest BCUT2D eigenvalue weighted by Gasteiger charge is -2.12. The van der Waals surface area contributed by atoms with E-state index in [0.717, 1.165) is 41.6 Å². The highest BCUT2D eigenvalue weighted by atomic mass is 32.2. The van der Waals surface area contributed by atoms with Crippen LogP contribution in [0, 0.1) is 0 Å². The highest BCUT2D eigenvalue weighted by molar-refractivity contribution is 7.99. The number of nitrogens with zero attached hydrogens (tertiary/aromatic N) is 2. The topological polar surface area (TPSA) is 70.4 Å². The Morgan fingerprint density at radius 2 is 1.85 bits per heavy atom. The number of fused-ring (bicyclic) bond motifs is 4. The van der Waals surface area contributed by atoms with Gasteiger partial charge in [-0.1, -0.05) is 36.4 Å². The highest BCUT2D eigenvalue weighted by Gasteiger charge is 2.23. The summed E-state index contributed by atoms with van der Waals surface area (Å²) in [5.41, 5.74) is 2.43. The van der Waals surface area contributed by atoms with Crippen molar-refractivity contribution in [2.75, 3.05) is 12.5 Å². The van der Waals surface area contributed by atoms with Crippen molar-refractivity contribution in [3.63, 3.8) is 0 Å². The lowest BCUT2D eigenvalue weighted by molar-refractivity contribution is 0.102. The smallest absolute Gasteiger partial charge is 0.267 e. The van der Waals surface area contributed by atoms with Gasteiger partial charge in [0.2, 0.25) is 6.79 Å². The van der Waals surface area contributed by atoms with E-state index in [1.807, 2.05) is 30.3 Å². The highest BCUT2D eigenvalue weighted by Crippen LogP contribution is 2.35. The predicted molar refractivity (Wildman–Crippen MR) is 134 cm³/mol. The molecule has 0 atom stereocenters. The molecule has 0 fully saturated rings. The van der Waals surface area contributed by atoms with Gasteiger partial charge < -0.3 is 9.47 Å². The molecule has 0 radical (unpaired) electrons. The molecule has 0 amide bonds. The quantitative estimate of drug-likeness (QED) is 0.161. The van der Waals surface area contributed by atoms with Gasteiger partial charge in [-0.05, 0) is 61.6 Å². The van der Waals surface area contributed by atoms with Crippen molar-refractivity contribution in [1.82, 2.24) is 9.55 Å². The molecule has 0 saturated heterocycles. The van der Waals surface area contributed by atoms with Gasteiger partial charge in [-0.25, -0.2) is 4.98 Å². The first-order chi connectivity index (χ1) is 16.7. The van der Waals surface area contributed by atoms with Gasteiger partial charge in [0.15, 0.2) is 22.4 Å². The third kappa shape index (κ3) is 3.80. The zero-order chi connectivity index (χ0) is 23.1. The van der Waals surface area contributed by atoms with Gasteiger partial charge in [-0.3, -0.25) is 14.2 Å². The molecule has 6 rings (SSSR count). The van der Waals surface area contributed by atoms with Gasteiger partial charge >= 0.3 is 0 Å². The Morgan fingerprint density at radius 3 is 2.74 bits per heavy atom. The molecule has 0 spiro atoms. The third-order valence-corrected chi connectivity index (χ3v) is 8.37. The first-order valence-corrected chi connectivity index (χ1v) is 13.2. The Hall–Kier alpha value is -3.10. The van der Waals surface area contributed by atoms with Gasteiger partial charge in [-0.2, -0.15) is 0 Å². The van der Waals surface area contributed by atoms with Gasteiger partial charge in [0.05, 0.1) is 16.8 Å². The molecular formula is C26H22N2O4S2. The summed E-state index contributed by atoms with van der Waals surface area (Å²) >= 11 is 2.93. The SMILES string of the molecule is O=C(CSc1nc2sc3c(c2c(=O)n1-c1ccccc1)CCCCC3)c1ccc2c(c1)OCO2. The number of hydrogen-bond acceptors (Lipinski definition) is 7. The van der Waals surface area contributed by atoms with Crippen LogP contribution in [0.15, 0.2) is 58.5 Å². The first kappa shape index (κ1) is 21.4. The lowest BCUT2D eigenvalue weighted by Crippen LogP contribution is -2.22. The number of carbonyl (C=O) groups excluding carboxylic acids is 1. The predicted octanol–water partition coefficient (Wildman–Crippen LogP) is 5.42. The number of aromatic nitrogens is 2. The fraction of sp³-hybridized carbons (Fsp3) is 0.269. The molecule has 172 valence electrons. The van der Waals surface area contributed by atoms with Crippen LogP contribution >= 0.6 is 23.1 Å². The molecular weight excluding hydrogens is 468 g/mol. The summed E-state index contributed by atoms with van der Waals surface area (Å²) < 4.78 is 12.4. The average molecular weight is 491 g/mol. The van der Waals surface area contributed by atoms with E-state index in [-0.39, 0.29) is 23.9 Å². The second-order valence-electron chi connectivity index (χ2n) is 8.39. The van der Waals surface area contributed by atoms with Crippen LogP contribution < -0.4 is 15.0 Å². The zero-order valence-electron chi connectivity index (χ0n) is 18.4. The Kier molecular flexibility index (Phi) is 5.63. The van der Waals surface area contributed by atoms with Crippen molar-refractivity contribution in [1.29, 1.82) is 0 Å². The number of rotatable bonds is 5. The lowest BCUT2D eigenvalue weighted by atomic mass is 10.1. The molecule has 0 bridgehead atoms. The van der Waals surface area contributed by atoms with E-state index in [4.69, 9.17) is 14.5 Å². The number of ketones is 1. The maximum Gasteiger partial charge on any atom is 0.267 e. The number of thioether (sulfide) groups is 1. The van der Waals surface area contributed by atoms with E-state index in [1.54, 1.807) is 34.1 Å². The van der Waals surface area contributed by atoms with E-state index < -0.39 is 0 Å². The largest absolute Gasteiger partial charge is 0.454 e. The van der Waals surface area contributed by atoms with Gasteiger partial charge in [0.1, 0.15) is 4.83 Å². The van der Waals surface area contributed by atoms with Gasteiger partial charge in [-0.15, -0.1) is 11.3 Å². The standard InChI is InChI=1S/C26H22N2O4S2/c29-19(16-11-12-20-21(13-16)32-15-31-20)14-33-26-27-24-23(18-9-5-2-6-10-22(18)34-24)25(30)28(26)17-7-3-1-4-8-17/h1,3-4,7-8,11-13H,2,5-6,9-10,14-15H2. The van der Waals surface area contributed by atoms with Crippen LogP contribution in [-0.2, 0) is 12.8 Å². The van der Waals surface area contributed by atoms with Crippen molar-refractivity contribution in [3.8, 4) is 17.2 Å². The summed E-state index contributed by atoms with van der Waals surface area (Å²) in [6, 6.07) is 14.8. The van der Waals surface area contributed by atoms with Crippen LogP contribution in [0.2, 0.25) is 0 Å². The molecule has 0 saturated carbocycles. The second-order valence-corrected chi connectivity index (χ2v) is 10.4. The molecule has 34 heavy (non-hydrogen) atoms. The fourth-order valence-electron chi connectivity index (χ4n) is 4.55. The average Bonchev–Trinajstić information content (AvgIpc) is 3.40. The number of aryl methyl sites for hydroxylation is 2. The second kappa shape index (κ2) is 8.92. The molecule has 2 aromatic carbocycles. The number of Topliss-reactive ketones (excluding diaryl/α,β-unsaturated/α-hetero) is 1. The molecule has 0 unspecified atom stereocenters. The van der Waals surface area contributed by atoms with Crippen LogP contribution in [-0.4, -0.2) is 27.9 Å².